The van der Waals surface area contributed by atoms with Gasteiger partial charge in [-0.25, -0.2) is 4.39 Å². The van der Waals surface area contributed by atoms with E-state index < -0.39 is 5.91 Å². The predicted molar refractivity (Wildman–Crippen MR) is 101 cm³/mol. The maximum atomic E-state index is 12.8. The zero-order chi connectivity index (χ0) is 17.2. The van der Waals surface area contributed by atoms with Crippen molar-refractivity contribution in [3.63, 3.8) is 0 Å². The Labute approximate surface area is 143 Å². The van der Waals surface area contributed by atoms with E-state index in [1.165, 1.54) is 56.7 Å². The zero-order valence-corrected chi connectivity index (χ0v) is 16.0. The van der Waals surface area contributed by atoms with Gasteiger partial charge in [-0.15, -0.1) is 0 Å². The average Bonchev–Trinajstić information content (AvgIpc) is 2.63. The minimum absolute atomic E-state index is 0.123. The van der Waals surface area contributed by atoms with Crippen LogP contribution in [0.5, 0.6) is 5.75 Å². The van der Waals surface area contributed by atoms with Crippen LogP contribution in [0.4, 0.5) is 4.39 Å². The number of aryl methyl sites for hydroxylation is 1. The van der Waals surface area contributed by atoms with Crippen molar-refractivity contribution in [1.29, 1.82) is 0 Å². The second kappa shape index (κ2) is 11.0. The maximum Gasteiger partial charge on any atom is 0.147 e. The first kappa shape index (κ1) is 20.4. The van der Waals surface area contributed by atoms with Gasteiger partial charge in [-0.05, 0) is 67.8 Å². The first-order valence-corrected chi connectivity index (χ1v) is 9.63. The molecule has 0 aliphatic heterocycles. The highest BCUT2D eigenvalue weighted by Gasteiger charge is 2.31. The van der Waals surface area contributed by atoms with E-state index in [0.29, 0.717) is 0 Å². The number of rotatable bonds is 3. The fourth-order valence-electron chi connectivity index (χ4n) is 3.71. The number of halogens is 1. The molecule has 2 aliphatic rings. The van der Waals surface area contributed by atoms with E-state index in [0.717, 1.165) is 17.6 Å². The molecule has 0 aromatic heterocycles. The zero-order valence-electron chi connectivity index (χ0n) is 14.9. The van der Waals surface area contributed by atoms with Crippen molar-refractivity contribution in [2.24, 2.45) is 11.7 Å². The van der Waals surface area contributed by atoms with Gasteiger partial charge in [0.15, 0.2) is 0 Å². The number of benzene rings is 1. The molecule has 1 fully saturated rings. The SMILES string of the molecule is CC.CN.FC(P)COc1ccc2c(c1)C1CCCCC1CC2. The van der Waals surface area contributed by atoms with Crippen molar-refractivity contribution in [1.82, 2.24) is 0 Å². The van der Waals surface area contributed by atoms with E-state index in [9.17, 15) is 4.39 Å². The molecule has 3 rings (SSSR count). The minimum Gasteiger partial charge on any atom is -0.490 e. The maximum absolute atomic E-state index is 12.8. The number of ether oxygens (including phenoxy) is 1. The lowest BCUT2D eigenvalue weighted by molar-refractivity contribution is 0.249. The third-order valence-corrected chi connectivity index (χ3v) is 4.81. The molecule has 2 nitrogen and oxygen atoms in total. The number of hydrogen-bond donors (Lipinski definition) is 1. The van der Waals surface area contributed by atoms with Crippen molar-refractivity contribution in [2.45, 2.75) is 64.2 Å². The third kappa shape index (κ3) is 5.72. The van der Waals surface area contributed by atoms with E-state index in [1.807, 2.05) is 19.9 Å². The highest BCUT2D eigenvalue weighted by Crippen LogP contribution is 2.45. The van der Waals surface area contributed by atoms with Gasteiger partial charge in [0.05, 0.1) is 0 Å². The molecule has 0 saturated heterocycles. The van der Waals surface area contributed by atoms with Crippen molar-refractivity contribution in [2.75, 3.05) is 13.7 Å². The van der Waals surface area contributed by atoms with E-state index in [2.05, 4.69) is 27.1 Å². The van der Waals surface area contributed by atoms with Gasteiger partial charge in [-0.1, -0.05) is 42.0 Å². The van der Waals surface area contributed by atoms with Crippen LogP contribution in [0, 0.1) is 5.92 Å². The van der Waals surface area contributed by atoms with Gasteiger partial charge in [0.25, 0.3) is 0 Å². The van der Waals surface area contributed by atoms with Gasteiger partial charge in [0.2, 0.25) is 0 Å². The van der Waals surface area contributed by atoms with E-state index in [4.69, 9.17) is 4.74 Å². The lowest BCUT2D eigenvalue weighted by atomic mass is 9.68. The van der Waals surface area contributed by atoms with Gasteiger partial charge in [-0.3, -0.25) is 0 Å². The molecule has 0 heterocycles. The Kier molecular flexibility index (Phi) is 9.74. The second-order valence-corrected chi connectivity index (χ2v) is 6.60. The fraction of sp³-hybridized carbons (Fsp3) is 0.684. The molecule has 23 heavy (non-hydrogen) atoms. The van der Waals surface area contributed by atoms with Crippen LogP contribution < -0.4 is 10.5 Å². The third-order valence-electron chi connectivity index (χ3n) is 4.62. The Morgan fingerprint density at radius 3 is 2.61 bits per heavy atom. The van der Waals surface area contributed by atoms with Crippen LogP contribution in [0.15, 0.2) is 18.2 Å². The van der Waals surface area contributed by atoms with Gasteiger partial charge >= 0.3 is 0 Å². The molecular weight excluding hydrogens is 308 g/mol. The summed E-state index contributed by atoms with van der Waals surface area (Å²) in [7, 11) is 3.63. The summed E-state index contributed by atoms with van der Waals surface area (Å²) in [5.74, 6) is 1.43. The molecule has 1 aromatic carbocycles. The standard InChI is InChI=1S/C16H22FOP.C2H6.CH5N/c17-16(19)10-18-13-8-7-12-6-5-11-3-1-2-4-14(11)15(12)9-13;2*1-2/h7-9,11,14,16H,1-6,10,19H2;1-2H3;2H2,1H3. The summed E-state index contributed by atoms with van der Waals surface area (Å²) in [6, 6.07) is 6.35. The molecule has 0 amide bonds. The monoisotopic (exact) mass is 341 g/mol. The summed E-state index contributed by atoms with van der Waals surface area (Å²) >= 11 is 0. The molecule has 2 aliphatic carbocycles. The highest BCUT2D eigenvalue weighted by atomic mass is 31.0. The minimum atomic E-state index is -0.988. The van der Waals surface area contributed by atoms with Gasteiger partial charge in [0, 0.05) is 0 Å². The molecule has 1 saturated carbocycles. The summed E-state index contributed by atoms with van der Waals surface area (Å²) in [6.07, 6.45) is 7.99. The van der Waals surface area contributed by atoms with Crippen molar-refractivity contribution >= 4 is 9.24 Å². The largest absolute Gasteiger partial charge is 0.490 e. The van der Waals surface area contributed by atoms with Crippen LogP contribution in [-0.4, -0.2) is 19.6 Å². The summed E-state index contributed by atoms with van der Waals surface area (Å²) in [5, 5.41) is 0. The quantitative estimate of drug-likeness (QED) is 0.780. The average molecular weight is 341 g/mol. The molecule has 4 unspecified atom stereocenters. The van der Waals surface area contributed by atoms with Crippen LogP contribution >= 0.6 is 9.24 Å². The van der Waals surface area contributed by atoms with Gasteiger partial charge < -0.3 is 10.5 Å². The first-order chi connectivity index (χ1) is 11.2. The van der Waals surface area contributed by atoms with Crippen LogP contribution in [0.25, 0.3) is 0 Å². The summed E-state index contributed by atoms with van der Waals surface area (Å²) in [5.41, 5.74) is 7.46. The summed E-state index contributed by atoms with van der Waals surface area (Å²) in [4.78, 5) is 0. The Bertz CT molecular complexity index is 453. The van der Waals surface area contributed by atoms with Crippen molar-refractivity contribution < 1.29 is 9.13 Å². The lowest BCUT2D eigenvalue weighted by Gasteiger charge is -2.37. The Morgan fingerprint density at radius 2 is 1.91 bits per heavy atom. The van der Waals surface area contributed by atoms with E-state index >= 15 is 0 Å². The predicted octanol–water partition coefficient (Wildman–Crippen LogP) is 5.06. The lowest BCUT2D eigenvalue weighted by Crippen LogP contribution is -2.24. The van der Waals surface area contributed by atoms with E-state index in [-0.39, 0.29) is 6.61 Å². The number of alkyl halides is 1. The smallest absolute Gasteiger partial charge is 0.147 e. The summed E-state index contributed by atoms with van der Waals surface area (Å²) in [6.45, 7) is 4.12. The van der Waals surface area contributed by atoms with Crippen LogP contribution in [0.1, 0.15) is 63.0 Å². The van der Waals surface area contributed by atoms with Gasteiger partial charge in [0.1, 0.15) is 18.3 Å². The molecule has 2 N–H and O–H groups in total. The molecular formula is C19H33FNOP. The molecule has 1 aromatic rings. The number of fused-ring (bicyclic) bond motifs is 3. The van der Waals surface area contributed by atoms with Gasteiger partial charge in [-0.2, -0.15) is 0 Å². The van der Waals surface area contributed by atoms with Crippen molar-refractivity contribution in [3.8, 4) is 5.75 Å². The number of nitrogens with two attached hydrogens (primary N) is 1. The van der Waals surface area contributed by atoms with E-state index in [1.54, 1.807) is 0 Å². The summed E-state index contributed by atoms with van der Waals surface area (Å²) < 4.78 is 18.4. The molecule has 4 atom stereocenters. The topological polar surface area (TPSA) is 35.2 Å². The van der Waals surface area contributed by atoms with Crippen molar-refractivity contribution in [3.05, 3.63) is 29.3 Å². The number of hydrogen-bond acceptors (Lipinski definition) is 2. The molecule has 4 heteroatoms. The Hall–Kier alpha value is -0.660. The van der Waals surface area contributed by atoms with Crippen LogP contribution in [-0.2, 0) is 6.42 Å². The normalized spacial score (nSPS) is 23.0. The fourth-order valence-corrected chi connectivity index (χ4v) is 3.81. The first-order valence-electron chi connectivity index (χ1n) is 8.97. The Balaban J connectivity index is 0.000000615. The molecule has 0 spiro atoms. The van der Waals surface area contributed by atoms with Crippen LogP contribution in [0.2, 0.25) is 0 Å². The van der Waals surface area contributed by atoms with Crippen LogP contribution in [0.3, 0.4) is 0 Å². The molecule has 0 bridgehead atoms. The second-order valence-electron chi connectivity index (χ2n) is 5.88. The molecule has 132 valence electrons. The highest BCUT2D eigenvalue weighted by molar-refractivity contribution is 7.17. The Morgan fingerprint density at radius 1 is 1.22 bits per heavy atom. The molecule has 0 radical (unpaired) electrons.